The molecule has 1 N–H and O–H groups in total. The maximum Gasteiger partial charge on any atom is 0.359 e. The van der Waals surface area contributed by atoms with Crippen molar-refractivity contribution in [3.05, 3.63) is 29.8 Å². The summed E-state index contributed by atoms with van der Waals surface area (Å²) >= 11 is 0. The molecule has 0 aromatic heterocycles. The third kappa shape index (κ3) is 2.42. The standard InChI is InChI=1S/C9H11NO3S.ClH/c11-14(12,13)10-7-3-5-8-4-1-2-6-9(8)10;/h1-2,4,6H,3,5,7H2,(H,11,12,13);1H. The fraction of sp³-hybridized carbons (Fsp3) is 0.333. The van der Waals surface area contributed by atoms with Crippen LogP contribution in [0.3, 0.4) is 0 Å². The van der Waals surface area contributed by atoms with Crippen molar-refractivity contribution in [1.82, 2.24) is 0 Å². The maximum atomic E-state index is 11.0. The lowest BCUT2D eigenvalue weighted by Gasteiger charge is -2.27. The Morgan fingerprint density at radius 1 is 1.27 bits per heavy atom. The SMILES string of the molecule is Cl.O=S(=O)(O)N1CCCc2ccccc21. The number of hydrogen-bond donors (Lipinski definition) is 1. The topological polar surface area (TPSA) is 57.6 Å². The number of hydrogen-bond acceptors (Lipinski definition) is 2. The molecular weight excluding hydrogens is 238 g/mol. The molecule has 6 heteroatoms. The predicted octanol–water partition coefficient (Wildman–Crippen LogP) is 1.66. The largest absolute Gasteiger partial charge is 0.359 e. The maximum absolute atomic E-state index is 11.0. The van der Waals surface area contributed by atoms with Crippen LogP contribution in [0.4, 0.5) is 5.69 Å². The van der Waals surface area contributed by atoms with E-state index in [0.717, 1.165) is 22.7 Å². The molecule has 0 saturated heterocycles. The van der Waals surface area contributed by atoms with Crippen LogP contribution < -0.4 is 4.31 Å². The van der Waals surface area contributed by atoms with Crippen LogP contribution in [0, 0.1) is 0 Å². The number of nitrogens with zero attached hydrogens (tertiary/aromatic N) is 1. The quantitative estimate of drug-likeness (QED) is 0.771. The third-order valence-electron chi connectivity index (χ3n) is 2.35. The molecular formula is C9H12ClNO3S. The van der Waals surface area contributed by atoms with Crippen LogP contribution >= 0.6 is 12.4 Å². The van der Waals surface area contributed by atoms with Gasteiger partial charge in [-0.05, 0) is 24.5 Å². The van der Waals surface area contributed by atoms with Crippen LogP contribution in [0.15, 0.2) is 24.3 Å². The Hall–Kier alpha value is -0.780. The molecule has 0 unspecified atom stereocenters. The van der Waals surface area contributed by atoms with Gasteiger partial charge in [0.05, 0.1) is 5.69 Å². The Bertz CT molecular complexity index is 446. The van der Waals surface area contributed by atoms with Gasteiger partial charge in [-0.25, -0.2) is 4.31 Å². The van der Waals surface area contributed by atoms with Gasteiger partial charge in [0, 0.05) is 6.54 Å². The first-order valence-electron chi connectivity index (χ1n) is 4.42. The number of halogens is 1. The number of aryl methyl sites for hydroxylation is 1. The zero-order chi connectivity index (χ0) is 10.2. The molecule has 0 bridgehead atoms. The molecule has 0 fully saturated rings. The van der Waals surface area contributed by atoms with Crippen LogP contribution in [0.25, 0.3) is 0 Å². The normalized spacial score (nSPS) is 15.4. The van der Waals surface area contributed by atoms with Gasteiger partial charge in [-0.3, -0.25) is 4.55 Å². The van der Waals surface area contributed by atoms with Gasteiger partial charge in [0.2, 0.25) is 0 Å². The lowest BCUT2D eigenvalue weighted by molar-refractivity contribution is 0.475. The molecule has 0 saturated carbocycles. The minimum Gasteiger partial charge on any atom is -0.269 e. The molecule has 1 aromatic rings. The second-order valence-corrected chi connectivity index (χ2v) is 4.62. The molecule has 0 aliphatic carbocycles. The number of para-hydroxylation sites is 1. The van der Waals surface area contributed by atoms with Crippen LogP contribution in [0.1, 0.15) is 12.0 Å². The van der Waals surface area contributed by atoms with Crippen LogP contribution in [0.2, 0.25) is 0 Å². The van der Waals surface area contributed by atoms with E-state index in [1.165, 1.54) is 0 Å². The lowest BCUT2D eigenvalue weighted by Crippen LogP contribution is -2.34. The summed E-state index contributed by atoms with van der Waals surface area (Å²) in [5.41, 5.74) is 1.57. The predicted molar refractivity (Wildman–Crippen MR) is 60.9 cm³/mol. The van der Waals surface area contributed by atoms with E-state index in [1.54, 1.807) is 12.1 Å². The summed E-state index contributed by atoms with van der Waals surface area (Å²) in [4.78, 5) is 0. The third-order valence-corrected chi connectivity index (χ3v) is 3.28. The minimum absolute atomic E-state index is 0. The zero-order valence-corrected chi connectivity index (χ0v) is 9.59. The summed E-state index contributed by atoms with van der Waals surface area (Å²) in [6.07, 6.45) is 1.61. The van der Waals surface area contributed by atoms with E-state index in [9.17, 15) is 8.42 Å². The van der Waals surface area contributed by atoms with E-state index in [4.69, 9.17) is 4.55 Å². The average Bonchev–Trinajstić information content (AvgIpc) is 2.15. The number of anilines is 1. The molecule has 4 nitrogen and oxygen atoms in total. The first kappa shape index (κ1) is 12.3. The molecule has 0 atom stereocenters. The van der Waals surface area contributed by atoms with Gasteiger partial charge >= 0.3 is 10.3 Å². The molecule has 2 rings (SSSR count). The molecule has 1 heterocycles. The van der Waals surface area contributed by atoms with Crippen molar-refractivity contribution >= 4 is 28.4 Å². The number of benzene rings is 1. The highest BCUT2D eigenvalue weighted by molar-refractivity contribution is 7.87. The summed E-state index contributed by atoms with van der Waals surface area (Å²) in [5.74, 6) is 0. The highest BCUT2D eigenvalue weighted by atomic mass is 35.5. The van der Waals surface area contributed by atoms with Crippen molar-refractivity contribution in [3.8, 4) is 0 Å². The second kappa shape index (κ2) is 4.38. The molecule has 1 aliphatic rings. The van der Waals surface area contributed by atoms with Gasteiger partial charge < -0.3 is 0 Å². The molecule has 15 heavy (non-hydrogen) atoms. The van der Waals surface area contributed by atoms with Crippen LogP contribution in [-0.4, -0.2) is 19.5 Å². The van der Waals surface area contributed by atoms with E-state index >= 15 is 0 Å². The van der Waals surface area contributed by atoms with E-state index in [-0.39, 0.29) is 12.4 Å². The van der Waals surface area contributed by atoms with Gasteiger partial charge in [-0.1, -0.05) is 18.2 Å². The smallest absolute Gasteiger partial charge is 0.269 e. The fourth-order valence-corrected chi connectivity index (χ4v) is 2.53. The van der Waals surface area contributed by atoms with Gasteiger partial charge in [-0.2, -0.15) is 8.42 Å². The Morgan fingerprint density at radius 2 is 1.93 bits per heavy atom. The average molecular weight is 250 g/mol. The minimum atomic E-state index is -4.11. The van der Waals surface area contributed by atoms with Crippen molar-refractivity contribution in [1.29, 1.82) is 0 Å². The first-order chi connectivity index (χ1) is 6.59. The first-order valence-corrected chi connectivity index (χ1v) is 5.82. The van der Waals surface area contributed by atoms with E-state index in [0.29, 0.717) is 12.2 Å². The van der Waals surface area contributed by atoms with Crippen molar-refractivity contribution in [3.63, 3.8) is 0 Å². The summed E-state index contributed by atoms with van der Waals surface area (Å²) in [6, 6.07) is 7.23. The second-order valence-electron chi connectivity index (χ2n) is 3.28. The van der Waals surface area contributed by atoms with Crippen molar-refractivity contribution in [2.24, 2.45) is 0 Å². The van der Waals surface area contributed by atoms with Gasteiger partial charge in [0.25, 0.3) is 0 Å². The summed E-state index contributed by atoms with van der Waals surface area (Å²) in [5, 5.41) is 0. The van der Waals surface area contributed by atoms with E-state index in [2.05, 4.69) is 0 Å². The summed E-state index contributed by atoms with van der Waals surface area (Å²) < 4.78 is 32.1. The Kier molecular flexibility index (Phi) is 3.59. The Labute approximate surface area is 95.2 Å². The summed E-state index contributed by atoms with van der Waals surface area (Å²) in [6.45, 7) is 0.357. The molecule has 1 aromatic carbocycles. The summed E-state index contributed by atoms with van der Waals surface area (Å²) in [7, 11) is -4.11. The van der Waals surface area contributed by atoms with Crippen LogP contribution in [-0.2, 0) is 16.7 Å². The highest BCUT2D eigenvalue weighted by Crippen LogP contribution is 2.28. The molecule has 0 spiro atoms. The van der Waals surface area contributed by atoms with Gasteiger partial charge in [0.15, 0.2) is 0 Å². The van der Waals surface area contributed by atoms with Crippen molar-refractivity contribution < 1.29 is 13.0 Å². The van der Waals surface area contributed by atoms with E-state index in [1.807, 2.05) is 12.1 Å². The molecule has 0 radical (unpaired) electrons. The molecule has 84 valence electrons. The Balaban J connectivity index is 0.00000112. The van der Waals surface area contributed by atoms with E-state index < -0.39 is 10.3 Å². The van der Waals surface area contributed by atoms with Gasteiger partial charge in [-0.15, -0.1) is 12.4 Å². The van der Waals surface area contributed by atoms with Crippen molar-refractivity contribution in [2.45, 2.75) is 12.8 Å². The van der Waals surface area contributed by atoms with Crippen molar-refractivity contribution in [2.75, 3.05) is 10.8 Å². The molecule has 0 amide bonds. The Morgan fingerprint density at radius 3 is 2.60 bits per heavy atom. The zero-order valence-electron chi connectivity index (χ0n) is 7.96. The number of fused-ring (bicyclic) bond motifs is 1. The fourth-order valence-electron chi connectivity index (χ4n) is 1.74. The highest BCUT2D eigenvalue weighted by Gasteiger charge is 2.24. The monoisotopic (exact) mass is 249 g/mol. The number of rotatable bonds is 1. The lowest BCUT2D eigenvalue weighted by atomic mass is 10.0. The van der Waals surface area contributed by atoms with Crippen LogP contribution in [0.5, 0.6) is 0 Å². The van der Waals surface area contributed by atoms with Gasteiger partial charge in [0.1, 0.15) is 0 Å². The molecule has 1 aliphatic heterocycles.